The van der Waals surface area contributed by atoms with Gasteiger partial charge in [-0.2, -0.15) is 10.4 Å². The summed E-state index contributed by atoms with van der Waals surface area (Å²) in [5, 5.41) is 16.9. The van der Waals surface area contributed by atoms with E-state index in [0.717, 1.165) is 23.0 Å². The Hall–Kier alpha value is -2.88. The van der Waals surface area contributed by atoms with Crippen LogP contribution in [0.4, 0.5) is 10.1 Å². The Labute approximate surface area is 171 Å². The lowest BCUT2D eigenvalue weighted by atomic mass is 10.1. The van der Waals surface area contributed by atoms with E-state index in [2.05, 4.69) is 10.4 Å². The molecule has 0 unspecified atom stereocenters. The summed E-state index contributed by atoms with van der Waals surface area (Å²) < 4.78 is 15.1. The zero-order valence-corrected chi connectivity index (χ0v) is 16.6. The normalized spacial score (nSPS) is 10.6. The highest BCUT2D eigenvalue weighted by molar-refractivity contribution is 6.42. The van der Waals surface area contributed by atoms with E-state index in [0.29, 0.717) is 21.4 Å². The molecule has 5 nitrogen and oxygen atoms in total. The van der Waals surface area contributed by atoms with Gasteiger partial charge in [0.2, 0.25) is 5.91 Å². The molecular weight excluding hydrogens is 402 g/mol. The van der Waals surface area contributed by atoms with Crippen molar-refractivity contribution >= 4 is 34.8 Å². The van der Waals surface area contributed by atoms with Crippen LogP contribution < -0.4 is 5.32 Å². The second kappa shape index (κ2) is 8.01. The van der Waals surface area contributed by atoms with Gasteiger partial charge in [0.15, 0.2) is 0 Å². The quantitative estimate of drug-likeness (QED) is 0.651. The van der Waals surface area contributed by atoms with E-state index in [1.165, 1.54) is 12.1 Å². The molecule has 8 heteroatoms. The molecular formula is C20H15Cl2FN4O. The van der Waals surface area contributed by atoms with Gasteiger partial charge in [0.1, 0.15) is 11.9 Å². The van der Waals surface area contributed by atoms with Crippen LogP contribution >= 0.6 is 23.2 Å². The van der Waals surface area contributed by atoms with Crippen LogP contribution in [0.3, 0.4) is 0 Å². The number of nitrogens with one attached hydrogen (secondary N) is 1. The van der Waals surface area contributed by atoms with E-state index in [4.69, 9.17) is 28.5 Å². The van der Waals surface area contributed by atoms with Crippen molar-refractivity contribution in [3.63, 3.8) is 0 Å². The number of nitriles is 1. The standard InChI is InChI=1S/C20H15Cl2FN4O/c1-11-16(9-20(28)25-14-3-6-19(23)13(7-14)10-24)12(2)27(26-11)15-4-5-17(21)18(22)8-15/h3-8H,9H2,1-2H3,(H,25,28). The summed E-state index contributed by atoms with van der Waals surface area (Å²) in [5.74, 6) is -0.925. The third-order valence-electron chi connectivity index (χ3n) is 4.30. The molecule has 0 atom stereocenters. The fourth-order valence-corrected chi connectivity index (χ4v) is 3.15. The number of aromatic nitrogens is 2. The minimum Gasteiger partial charge on any atom is -0.326 e. The Morgan fingerprint density at radius 2 is 1.96 bits per heavy atom. The first-order chi connectivity index (χ1) is 13.3. The van der Waals surface area contributed by atoms with E-state index >= 15 is 0 Å². The number of hydrogen-bond donors (Lipinski definition) is 1. The smallest absolute Gasteiger partial charge is 0.228 e. The number of benzene rings is 2. The zero-order chi connectivity index (χ0) is 20.4. The van der Waals surface area contributed by atoms with Crippen molar-refractivity contribution in [3.05, 3.63) is 74.8 Å². The molecule has 1 amide bonds. The lowest BCUT2D eigenvalue weighted by Crippen LogP contribution is -2.15. The lowest BCUT2D eigenvalue weighted by Gasteiger charge is -2.08. The molecule has 0 bridgehead atoms. The van der Waals surface area contributed by atoms with E-state index in [1.54, 1.807) is 29.0 Å². The van der Waals surface area contributed by atoms with Gasteiger partial charge in [-0.05, 0) is 50.2 Å². The zero-order valence-electron chi connectivity index (χ0n) is 15.1. The van der Waals surface area contributed by atoms with Gasteiger partial charge in [-0.3, -0.25) is 4.79 Å². The third kappa shape index (κ3) is 4.01. The van der Waals surface area contributed by atoms with Crippen molar-refractivity contribution in [2.24, 2.45) is 0 Å². The molecule has 0 saturated carbocycles. The summed E-state index contributed by atoms with van der Waals surface area (Å²) in [5.41, 5.74) is 3.23. The minimum atomic E-state index is -0.630. The SMILES string of the molecule is Cc1nn(-c2ccc(Cl)c(Cl)c2)c(C)c1CC(=O)Nc1ccc(F)c(C#N)c1. The van der Waals surface area contributed by atoms with Crippen molar-refractivity contribution in [1.29, 1.82) is 5.26 Å². The van der Waals surface area contributed by atoms with Gasteiger partial charge < -0.3 is 5.32 Å². The van der Waals surface area contributed by atoms with Crippen LogP contribution in [0.15, 0.2) is 36.4 Å². The van der Waals surface area contributed by atoms with Gasteiger partial charge in [-0.1, -0.05) is 23.2 Å². The molecule has 28 heavy (non-hydrogen) atoms. The van der Waals surface area contributed by atoms with Gasteiger partial charge in [0.25, 0.3) is 0 Å². The maximum Gasteiger partial charge on any atom is 0.228 e. The summed E-state index contributed by atoms with van der Waals surface area (Å²) in [4.78, 5) is 12.5. The molecule has 1 aromatic heterocycles. The average molecular weight is 417 g/mol. The number of rotatable bonds is 4. The number of hydrogen-bond acceptors (Lipinski definition) is 3. The van der Waals surface area contributed by atoms with Gasteiger partial charge in [-0.25, -0.2) is 9.07 Å². The second-order valence-electron chi connectivity index (χ2n) is 6.19. The summed E-state index contributed by atoms with van der Waals surface area (Å²) in [6.07, 6.45) is 0.0816. The maximum absolute atomic E-state index is 13.4. The first-order valence-electron chi connectivity index (χ1n) is 8.30. The Kier molecular flexibility index (Phi) is 5.68. The number of aryl methyl sites for hydroxylation is 1. The monoisotopic (exact) mass is 416 g/mol. The fraction of sp³-hybridized carbons (Fsp3) is 0.150. The van der Waals surface area contributed by atoms with Crippen molar-refractivity contribution in [1.82, 2.24) is 9.78 Å². The fourth-order valence-electron chi connectivity index (χ4n) is 2.85. The van der Waals surface area contributed by atoms with Crippen molar-refractivity contribution in [3.8, 4) is 11.8 Å². The summed E-state index contributed by atoms with van der Waals surface area (Å²) in [6, 6.07) is 10.8. The van der Waals surface area contributed by atoms with Crippen LogP contribution in [0, 0.1) is 31.0 Å². The Balaban J connectivity index is 1.83. The molecule has 0 aliphatic heterocycles. The molecule has 142 valence electrons. The van der Waals surface area contributed by atoms with E-state index < -0.39 is 5.82 Å². The molecule has 3 rings (SSSR count). The van der Waals surface area contributed by atoms with Crippen LogP contribution in [0.25, 0.3) is 5.69 Å². The average Bonchev–Trinajstić information content (AvgIpc) is 2.93. The van der Waals surface area contributed by atoms with E-state index in [9.17, 15) is 9.18 Å². The van der Waals surface area contributed by atoms with Gasteiger partial charge in [0, 0.05) is 16.9 Å². The summed E-state index contributed by atoms with van der Waals surface area (Å²) >= 11 is 12.0. The maximum atomic E-state index is 13.4. The minimum absolute atomic E-state index is 0.0816. The molecule has 3 aromatic rings. The highest BCUT2D eigenvalue weighted by Crippen LogP contribution is 2.26. The van der Waals surface area contributed by atoms with Crippen LogP contribution in [0.5, 0.6) is 0 Å². The molecule has 0 radical (unpaired) electrons. The van der Waals surface area contributed by atoms with Gasteiger partial charge >= 0.3 is 0 Å². The number of carbonyl (C=O) groups excluding carboxylic acids is 1. The van der Waals surface area contributed by atoms with Crippen molar-refractivity contribution in [2.45, 2.75) is 20.3 Å². The Morgan fingerprint density at radius 3 is 2.64 bits per heavy atom. The lowest BCUT2D eigenvalue weighted by molar-refractivity contribution is -0.115. The Bertz CT molecular complexity index is 1120. The largest absolute Gasteiger partial charge is 0.326 e. The number of halogens is 3. The molecule has 0 aliphatic carbocycles. The summed E-state index contributed by atoms with van der Waals surface area (Å²) in [6.45, 7) is 3.67. The molecule has 1 N–H and O–H groups in total. The third-order valence-corrected chi connectivity index (χ3v) is 5.04. The van der Waals surface area contributed by atoms with Crippen molar-refractivity contribution < 1.29 is 9.18 Å². The van der Waals surface area contributed by atoms with Crippen molar-refractivity contribution in [2.75, 3.05) is 5.32 Å². The van der Waals surface area contributed by atoms with Gasteiger partial charge in [0.05, 0.1) is 33.4 Å². The number of carbonyl (C=O) groups is 1. The van der Waals surface area contributed by atoms with Crippen LogP contribution in [0.1, 0.15) is 22.5 Å². The molecule has 2 aromatic carbocycles. The molecule has 0 saturated heterocycles. The molecule has 0 spiro atoms. The first kappa shape index (κ1) is 19.9. The molecule has 1 heterocycles. The highest BCUT2D eigenvalue weighted by atomic mass is 35.5. The van der Waals surface area contributed by atoms with Crippen LogP contribution in [0.2, 0.25) is 10.0 Å². The predicted molar refractivity (Wildman–Crippen MR) is 107 cm³/mol. The van der Waals surface area contributed by atoms with Crippen LogP contribution in [-0.4, -0.2) is 15.7 Å². The topological polar surface area (TPSA) is 70.7 Å². The van der Waals surface area contributed by atoms with E-state index in [1.807, 2.05) is 13.8 Å². The molecule has 0 fully saturated rings. The first-order valence-corrected chi connectivity index (χ1v) is 9.05. The predicted octanol–water partition coefficient (Wildman–Crippen LogP) is 4.99. The van der Waals surface area contributed by atoms with E-state index in [-0.39, 0.29) is 17.9 Å². The highest BCUT2D eigenvalue weighted by Gasteiger charge is 2.17. The second-order valence-corrected chi connectivity index (χ2v) is 7.01. The Morgan fingerprint density at radius 1 is 1.21 bits per heavy atom. The number of anilines is 1. The van der Waals surface area contributed by atoms with Crippen LogP contribution in [-0.2, 0) is 11.2 Å². The van der Waals surface area contributed by atoms with Gasteiger partial charge in [-0.15, -0.1) is 0 Å². The summed E-state index contributed by atoms with van der Waals surface area (Å²) in [7, 11) is 0. The number of amides is 1. The molecule has 0 aliphatic rings. The number of nitrogens with zero attached hydrogens (tertiary/aromatic N) is 3.